The zero-order valence-electron chi connectivity index (χ0n) is 13.8. The third-order valence-electron chi connectivity index (χ3n) is 3.53. The Bertz CT molecular complexity index is 690. The van der Waals surface area contributed by atoms with Crippen LogP contribution in [0.15, 0.2) is 30.3 Å². The van der Waals surface area contributed by atoms with Crippen LogP contribution in [0.5, 0.6) is 5.75 Å². The number of benzene rings is 1. The van der Waals surface area contributed by atoms with E-state index < -0.39 is 5.91 Å². The minimum atomic E-state index is -0.525. The summed E-state index contributed by atoms with van der Waals surface area (Å²) in [5.74, 6) is 5.33. The van der Waals surface area contributed by atoms with Gasteiger partial charge in [-0.1, -0.05) is 38.3 Å². The van der Waals surface area contributed by atoms with Gasteiger partial charge in [-0.3, -0.25) is 10.2 Å². The van der Waals surface area contributed by atoms with E-state index in [2.05, 4.69) is 16.9 Å². The van der Waals surface area contributed by atoms with Crippen molar-refractivity contribution in [1.82, 2.24) is 15.4 Å². The summed E-state index contributed by atoms with van der Waals surface area (Å²) in [4.78, 5) is 19.8. The van der Waals surface area contributed by atoms with E-state index in [0.29, 0.717) is 18.1 Å². The molecule has 0 aliphatic rings. The molecule has 7 heteroatoms. The minimum absolute atomic E-state index is 0.00356. The highest BCUT2D eigenvalue weighted by Crippen LogP contribution is 2.29. The fourth-order valence-electron chi connectivity index (χ4n) is 2.31. The molecule has 1 heterocycles. The van der Waals surface area contributed by atoms with Crippen molar-refractivity contribution in [3.8, 4) is 17.0 Å². The molecule has 0 spiro atoms. The zero-order chi connectivity index (χ0) is 17.4. The topological polar surface area (TPSA) is 116 Å². The molecule has 128 valence electrons. The Balaban J connectivity index is 2.22. The highest BCUT2D eigenvalue weighted by Gasteiger charge is 2.13. The number of carbonyl (C=O) groups excluding carboxylic acids is 1. The molecule has 24 heavy (non-hydrogen) atoms. The highest BCUT2D eigenvalue weighted by atomic mass is 16.5. The fourth-order valence-corrected chi connectivity index (χ4v) is 2.31. The number of carbonyl (C=O) groups is 1. The second-order valence-electron chi connectivity index (χ2n) is 5.38. The lowest BCUT2D eigenvalue weighted by Crippen LogP contribution is -2.31. The molecule has 0 bridgehead atoms. The summed E-state index contributed by atoms with van der Waals surface area (Å²) in [6.45, 7) is 2.80. The Kier molecular flexibility index (Phi) is 6.51. The smallest absolute Gasteiger partial charge is 0.283 e. The molecule has 7 nitrogen and oxygen atoms in total. The van der Waals surface area contributed by atoms with Crippen LogP contribution in [0.1, 0.15) is 43.1 Å². The Morgan fingerprint density at radius 2 is 2.00 bits per heavy atom. The van der Waals surface area contributed by atoms with Gasteiger partial charge in [0, 0.05) is 5.56 Å². The van der Waals surface area contributed by atoms with Crippen molar-refractivity contribution in [1.29, 1.82) is 0 Å². The number of unbranched alkanes of at least 4 members (excludes halogenated alkanes) is 3. The van der Waals surface area contributed by atoms with Crippen LogP contribution in [-0.4, -0.2) is 22.5 Å². The molecule has 0 radical (unpaired) electrons. The van der Waals surface area contributed by atoms with Gasteiger partial charge in [0.2, 0.25) is 5.95 Å². The van der Waals surface area contributed by atoms with Crippen LogP contribution in [0.25, 0.3) is 11.3 Å². The van der Waals surface area contributed by atoms with Crippen LogP contribution >= 0.6 is 0 Å². The first-order valence-corrected chi connectivity index (χ1v) is 8.03. The number of hydrazine groups is 1. The van der Waals surface area contributed by atoms with E-state index in [1.165, 1.54) is 18.9 Å². The normalized spacial score (nSPS) is 10.4. The molecular formula is C17H23N5O2. The summed E-state index contributed by atoms with van der Waals surface area (Å²) in [5.41, 5.74) is 9.14. The average molecular weight is 329 g/mol. The molecular weight excluding hydrogens is 306 g/mol. The van der Waals surface area contributed by atoms with Gasteiger partial charge in [0.15, 0.2) is 0 Å². The largest absolute Gasteiger partial charge is 0.493 e. The van der Waals surface area contributed by atoms with Crippen molar-refractivity contribution < 1.29 is 9.53 Å². The summed E-state index contributed by atoms with van der Waals surface area (Å²) in [7, 11) is 0. The molecule has 2 rings (SSSR count). The van der Waals surface area contributed by atoms with E-state index in [1.807, 2.05) is 29.7 Å². The van der Waals surface area contributed by atoms with E-state index in [9.17, 15) is 4.79 Å². The van der Waals surface area contributed by atoms with Crippen molar-refractivity contribution >= 4 is 11.9 Å². The summed E-state index contributed by atoms with van der Waals surface area (Å²) in [6, 6.07) is 9.05. The standard InChI is InChI=1S/C17H23N5O2/c1-2-3-4-7-10-24-15-9-6-5-8-12(15)13-11-14(16(23)22-19)21-17(18)20-13/h5-6,8-9,11H,2-4,7,10,19H2,1H3,(H,22,23)(H2,18,20,21). The third kappa shape index (κ3) is 4.66. The molecule has 5 N–H and O–H groups in total. The van der Waals surface area contributed by atoms with Gasteiger partial charge < -0.3 is 10.5 Å². The van der Waals surface area contributed by atoms with E-state index in [4.69, 9.17) is 16.3 Å². The van der Waals surface area contributed by atoms with Gasteiger partial charge in [-0.25, -0.2) is 15.8 Å². The lowest BCUT2D eigenvalue weighted by atomic mass is 10.1. The number of nitrogen functional groups attached to an aromatic ring is 2. The average Bonchev–Trinajstić information content (AvgIpc) is 2.60. The van der Waals surface area contributed by atoms with Gasteiger partial charge in [0.25, 0.3) is 5.91 Å². The maximum absolute atomic E-state index is 11.7. The molecule has 0 saturated carbocycles. The van der Waals surface area contributed by atoms with Crippen LogP contribution in [0.2, 0.25) is 0 Å². The van der Waals surface area contributed by atoms with Gasteiger partial charge in [-0.2, -0.15) is 0 Å². The SMILES string of the molecule is CCCCCCOc1ccccc1-c1cc(C(=O)NN)nc(N)n1. The zero-order valence-corrected chi connectivity index (χ0v) is 13.8. The van der Waals surface area contributed by atoms with E-state index in [-0.39, 0.29) is 11.6 Å². The minimum Gasteiger partial charge on any atom is -0.493 e. The van der Waals surface area contributed by atoms with Gasteiger partial charge in [0.1, 0.15) is 11.4 Å². The lowest BCUT2D eigenvalue weighted by Gasteiger charge is -2.12. The second-order valence-corrected chi connectivity index (χ2v) is 5.38. The predicted octanol–water partition coefficient (Wildman–Crippen LogP) is 2.29. The molecule has 0 saturated heterocycles. The maximum atomic E-state index is 11.7. The van der Waals surface area contributed by atoms with Gasteiger partial charge in [-0.05, 0) is 24.6 Å². The fraction of sp³-hybridized carbons (Fsp3) is 0.353. The molecule has 2 aromatic rings. The lowest BCUT2D eigenvalue weighted by molar-refractivity contribution is 0.0948. The number of rotatable bonds is 8. The molecule has 0 atom stereocenters. The molecule has 1 aromatic carbocycles. The summed E-state index contributed by atoms with van der Waals surface area (Å²) in [6.07, 6.45) is 4.52. The quantitative estimate of drug-likeness (QED) is 0.296. The molecule has 0 unspecified atom stereocenters. The van der Waals surface area contributed by atoms with E-state index in [0.717, 1.165) is 18.4 Å². The van der Waals surface area contributed by atoms with Gasteiger partial charge in [0.05, 0.1) is 12.3 Å². The number of amides is 1. The van der Waals surface area contributed by atoms with Crippen LogP contribution in [0.4, 0.5) is 5.95 Å². The number of aromatic nitrogens is 2. The number of nitrogens with zero attached hydrogens (tertiary/aromatic N) is 2. The number of hydrogen-bond acceptors (Lipinski definition) is 6. The first-order valence-electron chi connectivity index (χ1n) is 8.03. The van der Waals surface area contributed by atoms with Gasteiger partial charge >= 0.3 is 0 Å². The number of nitrogens with one attached hydrogen (secondary N) is 1. The number of hydrogen-bond donors (Lipinski definition) is 3. The monoisotopic (exact) mass is 329 g/mol. The van der Waals surface area contributed by atoms with Crippen molar-refractivity contribution in [2.75, 3.05) is 12.3 Å². The number of nitrogens with two attached hydrogens (primary N) is 2. The predicted molar refractivity (Wildman–Crippen MR) is 93.2 cm³/mol. The van der Waals surface area contributed by atoms with Crippen LogP contribution in [0, 0.1) is 0 Å². The Labute approximate surface area is 141 Å². The van der Waals surface area contributed by atoms with Gasteiger partial charge in [-0.15, -0.1) is 0 Å². The Hall–Kier alpha value is -2.67. The Morgan fingerprint density at radius 1 is 1.21 bits per heavy atom. The molecule has 1 amide bonds. The molecule has 1 aromatic heterocycles. The molecule has 0 aliphatic carbocycles. The highest BCUT2D eigenvalue weighted by molar-refractivity contribution is 5.93. The summed E-state index contributed by atoms with van der Waals surface area (Å²) < 4.78 is 5.88. The second kappa shape index (κ2) is 8.83. The molecule has 0 aliphatic heterocycles. The number of para-hydroxylation sites is 1. The van der Waals surface area contributed by atoms with Crippen molar-refractivity contribution in [2.45, 2.75) is 32.6 Å². The van der Waals surface area contributed by atoms with E-state index >= 15 is 0 Å². The van der Waals surface area contributed by atoms with Crippen LogP contribution in [0.3, 0.4) is 0 Å². The van der Waals surface area contributed by atoms with Crippen LogP contribution in [-0.2, 0) is 0 Å². The maximum Gasteiger partial charge on any atom is 0.283 e. The number of ether oxygens (including phenoxy) is 1. The third-order valence-corrected chi connectivity index (χ3v) is 3.53. The van der Waals surface area contributed by atoms with Crippen molar-refractivity contribution in [3.63, 3.8) is 0 Å². The first-order chi connectivity index (χ1) is 11.7. The first kappa shape index (κ1) is 17.7. The van der Waals surface area contributed by atoms with E-state index in [1.54, 1.807) is 0 Å². The van der Waals surface area contributed by atoms with Crippen molar-refractivity contribution in [3.05, 3.63) is 36.0 Å². The number of anilines is 1. The Morgan fingerprint density at radius 3 is 2.75 bits per heavy atom. The van der Waals surface area contributed by atoms with Crippen molar-refractivity contribution in [2.24, 2.45) is 5.84 Å². The van der Waals surface area contributed by atoms with Crippen LogP contribution < -0.4 is 21.7 Å². The molecule has 0 fully saturated rings. The summed E-state index contributed by atoms with van der Waals surface area (Å²) >= 11 is 0. The summed E-state index contributed by atoms with van der Waals surface area (Å²) in [5, 5.41) is 0.